The molecule has 4 rings (SSSR count). The number of thiophene rings is 1. The van der Waals surface area contributed by atoms with Crippen molar-refractivity contribution >= 4 is 44.8 Å². The van der Waals surface area contributed by atoms with Crippen molar-refractivity contribution in [3.8, 4) is 5.69 Å². The number of para-hydroxylation sites is 1. The number of aromatic nitrogens is 2. The molecule has 8 heteroatoms. The SMILES string of the molecule is CCN(c1ccc(NC(=O)COC(=O)c2cc3c(C)nn(-c4ccccc4)c3s2)cc1)C(C)C. The molecule has 0 atom stereocenters. The number of fused-ring (bicyclic) bond motifs is 1. The predicted molar refractivity (Wildman–Crippen MR) is 137 cm³/mol. The number of nitrogens with zero attached hydrogens (tertiary/aromatic N) is 3. The summed E-state index contributed by atoms with van der Waals surface area (Å²) >= 11 is 1.30. The van der Waals surface area contributed by atoms with Gasteiger partial charge in [-0.3, -0.25) is 4.79 Å². The summed E-state index contributed by atoms with van der Waals surface area (Å²) in [5.74, 6) is -0.911. The number of rotatable bonds is 8. The second-order valence-corrected chi connectivity index (χ2v) is 9.24. The summed E-state index contributed by atoms with van der Waals surface area (Å²) in [5.41, 5.74) is 3.50. The summed E-state index contributed by atoms with van der Waals surface area (Å²) in [6.45, 7) is 8.85. The summed E-state index contributed by atoms with van der Waals surface area (Å²) in [7, 11) is 0. The highest BCUT2D eigenvalue weighted by molar-refractivity contribution is 7.20. The van der Waals surface area contributed by atoms with Gasteiger partial charge in [-0.15, -0.1) is 11.3 Å². The summed E-state index contributed by atoms with van der Waals surface area (Å²) in [4.78, 5) is 28.5. The first-order chi connectivity index (χ1) is 16.4. The highest BCUT2D eigenvalue weighted by Gasteiger charge is 2.19. The zero-order valence-corrected chi connectivity index (χ0v) is 20.6. The third kappa shape index (κ3) is 4.97. The average Bonchev–Trinajstić information content (AvgIpc) is 3.40. The van der Waals surface area contributed by atoms with E-state index in [9.17, 15) is 9.59 Å². The van der Waals surface area contributed by atoms with Crippen LogP contribution in [-0.2, 0) is 9.53 Å². The Kier molecular flexibility index (Phi) is 6.98. The van der Waals surface area contributed by atoms with E-state index in [4.69, 9.17) is 4.74 Å². The molecule has 0 radical (unpaired) electrons. The molecule has 2 heterocycles. The van der Waals surface area contributed by atoms with Crippen molar-refractivity contribution in [1.82, 2.24) is 9.78 Å². The number of carbonyl (C=O) groups is 2. The molecule has 7 nitrogen and oxygen atoms in total. The number of anilines is 2. The molecule has 0 saturated heterocycles. The number of amides is 1. The Balaban J connectivity index is 1.38. The van der Waals surface area contributed by atoms with Crippen molar-refractivity contribution in [2.45, 2.75) is 33.7 Å². The van der Waals surface area contributed by atoms with Crippen molar-refractivity contribution in [2.75, 3.05) is 23.4 Å². The van der Waals surface area contributed by atoms with Crippen LogP contribution < -0.4 is 10.2 Å². The lowest BCUT2D eigenvalue weighted by molar-refractivity contribution is -0.119. The molecule has 0 aliphatic carbocycles. The fourth-order valence-electron chi connectivity index (χ4n) is 3.87. The number of hydrogen-bond acceptors (Lipinski definition) is 6. The fraction of sp³-hybridized carbons (Fsp3) is 0.269. The van der Waals surface area contributed by atoms with E-state index in [1.807, 2.05) is 66.2 Å². The highest BCUT2D eigenvalue weighted by atomic mass is 32.1. The molecule has 0 spiro atoms. The molecule has 1 N–H and O–H groups in total. The Bertz CT molecular complexity index is 1290. The van der Waals surface area contributed by atoms with Crippen LogP contribution in [-0.4, -0.2) is 40.9 Å². The lowest BCUT2D eigenvalue weighted by Crippen LogP contribution is -2.30. The Morgan fingerprint density at radius 1 is 1.12 bits per heavy atom. The molecular formula is C26H28N4O3S. The second-order valence-electron chi connectivity index (χ2n) is 8.21. The highest BCUT2D eigenvalue weighted by Crippen LogP contribution is 2.30. The molecule has 0 aliphatic heterocycles. The quantitative estimate of drug-likeness (QED) is 0.343. The summed E-state index contributed by atoms with van der Waals surface area (Å²) in [6.07, 6.45) is 0. The number of ether oxygens (including phenoxy) is 1. The minimum absolute atomic E-state index is 0.355. The Morgan fingerprint density at radius 3 is 2.47 bits per heavy atom. The number of benzene rings is 2. The van der Waals surface area contributed by atoms with Crippen LogP contribution in [0.25, 0.3) is 15.9 Å². The summed E-state index contributed by atoms with van der Waals surface area (Å²) in [6, 6.07) is 19.6. The molecule has 0 unspecified atom stereocenters. The molecule has 1 amide bonds. The van der Waals surface area contributed by atoms with Gasteiger partial charge in [-0.25, -0.2) is 9.48 Å². The average molecular weight is 477 g/mol. The first-order valence-corrected chi connectivity index (χ1v) is 12.1. The zero-order chi connectivity index (χ0) is 24.2. The van der Waals surface area contributed by atoms with Crippen molar-refractivity contribution in [1.29, 1.82) is 0 Å². The van der Waals surface area contributed by atoms with Gasteiger partial charge in [0.2, 0.25) is 0 Å². The molecule has 0 saturated carbocycles. The van der Waals surface area contributed by atoms with Gasteiger partial charge < -0.3 is 15.0 Å². The van der Waals surface area contributed by atoms with E-state index in [1.54, 1.807) is 6.07 Å². The summed E-state index contributed by atoms with van der Waals surface area (Å²) < 4.78 is 7.10. The topological polar surface area (TPSA) is 76.5 Å². The third-order valence-electron chi connectivity index (χ3n) is 5.53. The fourth-order valence-corrected chi connectivity index (χ4v) is 4.95. The third-order valence-corrected chi connectivity index (χ3v) is 6.62. The minimum atomic E-state index is -0.527. The minimum Gasteiger partial charge on any atom is -0.451 e. The van der Waals surface area contributed by atoms with Gasteiger partial charge in [0, 0.05) is 29.3 Å². The summed E-state index contributed by atoms with van der Waals surface area (Å²) in [5, 5.41) is 8.26. The number of hydrogen-bond donors (Lipinski definition) is 1. The molecular weight excluding hydrogens is 448 g/mol. The number of nitrogens with one attached hydrogen (secondary N) is 1. The van der Waals surface area contributed by atoms with Crippen LogP contribution in [0.5, 0.6) is 0 Å². The maximum Gasteiger partial charge on any atom is 0.348 e. The molecule has 4 aromatic rings. The van der Waals surface area contributed by atoms with Crippen molar-refractivity contribution < 1.29 is 14.3 Å². The largest absolute Gasteiger partial charge is 0.451 e. The number of esters is 1. The molecule has 0 fully saturated rings. The van der Waals surface area contributed by atoms with Gasteiger partial charge in [-0.1, -0.05) is 18.2 Å². The van der Waals surface area contributed by atoms with Gasteiger partial charge in [0.15, 0.2) is 6.61 Å². The predicted octanol–water partition coefficient (Wildman–Crippen LogP) is 5.43. The molecule has 0 aliphatic rings. The van der Waals surface area contributed by atoms with E-state index < -0.39 is 5.97 Å². The van der Waals surface area contributed by atoms with E-state index in [0.29, 0.717) is 16.6 Å². The maximum atomic E-state index is 12.6. The first kappa shape index (κ1) is 23.5. The zero-order valence-electron chi connectivity index (χ0n) is 19.7. The Labute approximate surface area is 203 Å². The molecule has 176 valence electrons. The lowest BCUT2D eigenvalue weighted by atomic mass is 10.2. The van der Waals surface area contributed by atoms with Crippen LogP contribution in [0.4, 0.5) is 11.4 Å². The molecule has 2 aromatic heterocycles. The van der Waals surface area contributed by atoms with Crippen LogP contribution in [0.15, 0.2) is 60.7 Å². The monoisotopic (exact) mass is 476 g/mol. The first-order valence-electron chi connectivity index (χ1n) is 11.3. The van der Waals surface area contributed by atoms with Gasteiger partial charge >= 0.3 is 5.97 Å². The molecule has 2 aromatic carbocycles. The lowest BCUT2D eigenvalue weighted by Gasteiger charge is -2.27. The molecule has 34 heavy (non-hydrogen) atoms. The number of aryl methyl sites for hydroxylation is 1. The van der Waals surface area contributed by atoms with Crippen LogP contribution in [0.1, 0.15) is 36.1 Å². The van der Waals surface area contributed by atoms with E-state index in [-0.39, 0.29) is 12.5 Å². The van der Waals surface area contributed by atoms with Crippen LogP contribution in [0.2, 0.25) is 0 Å². The maximum absolute atomic E-state index is 12.6. The van der Waals surface area contributed by atoms with Crippen molar-refractivity contribution in [3.05, 3.63) is 71.2 Å². The van der Waals surface area contributed by atoms with E-state index >= 15 is 0 Å². The van der Waals surface area contributed by atoms with Crippen molar-refractivity contribution in [2.24, 2.45) is 0 Å². The van der Waals surface area contributed by atoms with Gasteiger partial charge in [0.25, 0.3) is 5.91 Å². The van der Waals surface area contributed by atoms with Crippen molar-refractivity contribution in [3.63, 3.8) is 0 Å². The van der Waals surface area contributed by atoms with Crippen LogP contribution >= 0.6 is 11.3 Å². The van der Waals surface area contributed by atoms with Crippen LogP contribution in [0, 0.1) is 6.92 Å². The molecule has 0 bridgehead atoms. The smallest absolute Gasteiger partial charge is 0.348 e. The van der Waals surface area contributed by atoms with Gasteiger partial charge in [0.05, 0.1) is 11.4 Å². The van der Waals surface area contributed by atoms with Gasteiger partial charge in [0.1, 0.15) is 9.71 Å². The van der Waals surface area contributed by atoms with Gasteiger partial charge in [-0.05, 0) is 70.2 Å². The van der Waals surface area contributed by atoms with E-state index in [1.165, 1.54) is 11.3 Å². The standard InChI is InChI=1S/C26H28N4O3S/c1-5-29(17(2)3)20-13-11-19(12-14-20)27-24(31)16-33-26(32)23-15-22-18(4)28-30(25(22)34-23)21-9-7-6-8-10-21/h6-15,17H,5,16H2,1-4H3,(H,27,31). The van der Waals surface area contributed by atoms with E-state index in [0.717, 1.165) is 33.8 Å². The Hall–Kier alpha value is -3.65. The normalized spacial score (nSPS) is 11.1. The number of carbonyl (C=O) groups excluding carboxylic acids is 2. The van der Waals surface area contributed by atoms with E-state index in [2.05, 4.69) is 36.1 Å². The Morgan fingerprint density at radius 2 is 1.82 bits per heavy atom. The van der Waals surface area contributed by atoms with Gasteiger partial charge in [-0.2, -0.15) is 5.10 Å². The second kappa shape index (κ2) is 10.1. The van der Waals surface area contributed by atoms with Crippen LogP contribution in [0.3, 0.4) is 0 Å².